The first kappa shape index (κ1) is 31.6. The van der Waals surface area contributed by atoms with Gasteiger partial charge in [0, 0.05) is 26.0 Å². The number of benzene rings is 1. The van der Waals surface area contributed by atoms with Crippen LogP contribution in [-0.4, -0.2) is 57.9 Å². The van der Waals surface area contributed by atoms with E-state index < -0.39 is 0 Å². The Bertz CT molecular complexity index is 1440. The number of carbonyl (C=O) groups is 2. The van der Waals surface area contributed by atoms with Gasteiger partial charge in [-0.25, -0.2) is 0 Å². The Labute approximate surface area is 261 Å². The van der Waals surface area contributed by atoms with Crippen LogP contribution in [0.3, 0.4) is 0 Å². The van der Waals surface area contributed by atoms with Gasteiger partial charge < -0.3 is 20.1 Å². The van der Waals surface area contributed by atoms with E-state index in [1.54, 1.807) is 6.07 Å². The number of ether oxygens (including phenoxy) is 2. The van der Waals surface area contributed by atoms with Crippen LogP contribution in [-0.2, 0) is 38.3 Å². The summed E-state index contributed by atoms with van der Waals surface area (Å²) >= 11 is 1.41. The third-order valence-electron chi connectivity index (χ3n) is 7.58. The summed E-state index contributed by atoms with van der Waals surface area (Å²) in [6.45, 7) is 5.49. The fourth-order valence-electron chi connectivity index (χ4n) is 5.03. The van der Waals surface area contributed by atoms with Gasteiger partial charge in [0.2, 0.25) is 16.9 Å². The van der Waals surface area contributed by atoms with Crippen LogP contribution in [0.4, 0.5) is 10.9 Å². The predicted octanol–water partition coefficient (Wildman–Crippen LogP) is 4.46. The number of hydrogen-bond donors (Lipinski definition) is 3. The van der Waals surface area contributed by atoms with Crippen LogP contribution >= 0.6 is 11.3 Å². The van der Waals surface area contributed by atoms with Crippen molar-refractivity contribution in [2.45, 2.75) is 64.9 Å². The standard InChI is InChI=1S/C32H39N7O4S/c1-3-42-31-30(43-31)33-20-24-13-9-12-23(21(24)2)19-28(41)35-32-39-38-29(44-32)15-8-7-14-25-16-17-26(37-36-25)34-27(40)18-22-10-5-4-6-11-22/h4-6,9-13,16-17,21,24,30-31,33H,3,7-8,14-15,18-20H2,1-2H3,(H,34,37,40)(H,35,39,41). The zero-order valence-corrected chi connectivity index (χ0v) is 25.9. The Morgan fingerprint density at radius 2 is 1.77 bits per heavy atom. The molecule has 4 unspecified atom stereocenters. The van der Waals surface area contributed by atoms with Gasteiger partial charge in [-0.05, 0) is 55.7 Å². The largest absolute Gasteiger partial charge is 0.349 e. The van der Waals surface area contributed by atoms with E-state index in [0.29, 0.717) is 30.4 Å². The van der Waals surface area contributed by atoms with E-state index in [4.69, 9.17) is 9.47 Å². The second-order valence-electron chi connectivity index (χ2n) is 10.9. The first-order valence-corrected chi connectivity index (χ1v) is 15.9. The number of nitrogens with one attached hydrogen (secondary N) is 3. The Balaban J connectivity index is 0.975. The molecule has 11 nitrogen and oxygen atoms in total. The van der Waals surface area contributed by atoms with Crippen molar-refractivity contribution < 1.29 is 19.1 Å². The summed E-state index contributed by atoms with van der Waals surface area (Å²) in [6.07, 6.45) is 9.98. The Kier molecular flexibility index (Phi) is 11.3. The zero-order valence-electron chi connectivity index (χ0n) is 25.1. The lowest BCUT2D eigenvalue weighted by molar-refractivity contribution is -0.116. The van der Waals surface area contributed by atoms with E-state index >= 15 is 0 Å². The van der Waals surface area contributed by atoms with Crippen molar-refractivity contribution in [1.29, 1.82) is 0 Å². The molecule has 232 valence electrons. The first-order chi connectivity index (χ1) is 21.5. The number of nitrogens with zero attached hydrogens (tertiary/aromatic N) is 4. The third kappa shape index (κ3) is 9.58. The lowest BCUT2D eigenvalue weighted by Crippen LogP contribution is -2.31. The molecule has 0 spiro atoms. The maximum atomic E-state index is 12.8. The van der Waals surface area contributed by atoms with Crippen LogP contribution in [0.25, 0.3) is 0 Å². The lowest BCUT2D eigenvalue weighted by atomic mass is 9.82. The molecule has 2 aliphatic rings. The summed E-state index contributed by atoms with van der Waals surface area (Å²) in [7, 11) is 0. The highest BCUT2D eigenvalue weighted by molar-refractivity contribution is 7.15. The van der Waals surface area contributed by atoms with Crippen LogP contribution in [0.2, 0.25) is 0 Å². The average Bonchev–Trinajstić information content (AvgIpc) is 3.61. The Morgan fingerprint density at radius 3 is 2.57 bits per heavy atom. The lowest BCUT2D eigenvalue weighted by Gasteiger charge is -2.26. The van der Waals surface area contributed by atoms with Gasteiger partial charge in [-0.2, -0.15) is 5.10 Å². The molecule has 1 fully saturated rings. The van der Waals surface area contributed by atoms with E-state index in [1.165, 1.54) is 11.3 Å². The maximum absolute atomic E-state index is 12.8. The molecule has 5 rings (SSSR count). The molecule has 3 aromatic rings. The summed E-state index contributed by atoms with van der Waals surface area (Å²) < 4.78 is 10.9. The molecule has 1 aliphatic carbocycles. The van der Waals surface area contributed by atoms with Crippen molar-refractivity contribution in [2.24, 2.45) is 11.8 Å². The van der Waals surface area contributed by atoms with Gasteiger partial charge in [0.05, 0.1) is 12.1 Å². The summed E-state index contributed by atoms with van der Waals surface area (Å²) in [5.41, 5.74) is 2.90. The highest BCUT2D eigenvalue weighted by Gasteiger charge is 2.40. The number of amides is 2. The van der Waals surface area contributed by atoms with E-state index in [1.807, 2.05) is 55.5 Å². The molecule has 2 amide bonds. The number of hydrogen-bond acceptors (Lipinski definition) is 10. The number of aromatic nitrogens is 4. The van der Waals surface area contributed by atoms with Gasteiger partial charge in [0.1, 0.15) is 5.01 Å². The van der Waals surface area contributed by atoms with Gasteiger partial charge in [-0.1, -0.05) is 72.4 Å². The van der Waals surface area contributed by atoms with Gasteiger partial charge >= 0.3 is 0 Å². The highest BCUT2D eigenvalue weighted by Crippen LogP contribution is 2.30. The van der Waals surface area contributed by atoms with Crippen molar-refractivity contribution in [3.05, 3.63) is 82.5 Å². The molecular formula is C32H39N7O4S. The van der Waals surface area contributed by atoms with Crippen molar-refractivity contribution in [3.8, 4) is 0 Å². The smallest absolute Gasteiger partial charge is 0.230 e. The normalized spacial score (nSPS) is 20.6. The molecule has 1 aliphatic heterocycles. The number of carbonyl (C=O) groups excluding carboxylic acids is 2. The molecule has 3 N–H and O–H groups in total. The number of rotatable bonds is 16. The second-order valence-corrected chi connectivity index (χ2v) is 12.0. The number of epoxide rings is 1. The molecule has 0 bridgehead atoms. The quantitative estimate of drug-likeness (QED) is 0.157. The van der Waals surface area contributed by atoms with E-state index in [2.05, 4.69) is 49.3 Å². The van der Waals surface area contributed by atoms with Gasteiger partial charge in [0.25, 0.3) is 0 Å². The van der Waals surface area contributed by atoms with Gasteiger partial charge in [0.15, 0.2) is 18.3 Å². The summed E-state index contributed by atoms with van der Waals surface area (Å²) in [6, 6.07) is 13.2. The Hall–Kier alpha value is -3.84. The predicted molar refractivity (Wildman–Crippen MR) is 169 cm³/mol. The molecule has 0 radical (unpaired) electrons. The molecule has 12 heteroatoms. The SMILES string of the molecule is CCOC1OC1NCC1C=CC=C(CC(=O)Nc2nnc(CCCCc3ccc(NC(=O)Cc4ccccc4)nn3)s2)C1C. The van der Waals surface area contributed by atoms with Crippen LogP contribution in [0, 0.1) is 11.8 Å². The topological polar surface area (TPSA) is 144 Å². The van der Waals surface area contributed by atoms with Gasteiger partial charge in [-0.3, -0.25) is 14.9 Å². The van der Waals surface area contributed by atoms with Crippen molar-refractivity contribution in [2.75, 3.05) is 23.8 Å². The van der Waals surface area contributed by atoms with Crippen molar-refractivity contribution in [1.82, 2.24) is 25.7 Å². The molecule has 2 aromatic heterocycles. The molecule has 3 heterocycles. The fraction of sp³-hybridized carbons (Fsp3) is 0.438. The van der Waals surface area contributed by atoms with E-state index in [9.17, 15) is 9.59 Å². The average molecular weight is 618 g/mol. The van der Waals surface area contributed by atoms with Crippen molar-refractivity contribution in [3.63, 3.8) is 0 Å². The number of unbranched alkanes of at least 4 members (excludes halogenated alkanes) is 1. The molecule has 0 saturated carbocycles. The maximum Gasteiger partial charge on any atom is 0.230 e. The zero-order chi connectivity index (χ0) is 30.7. The number of anilines is 2. The fourth-order valence-corrected chi connectivity index (χ4v) is 5.83. The van der Waals surface area contributed by atoms with Crippen LogP contribution in [0.1, 0.15) is 49.4 Å². The van der Waals surface area contributed by atoms with Crippen LogP contribution < -0.4 is 16.0 Å². The molecular weight excluding hydrogens is 578 g/mol. The van der Waals surface area contributed by atoms with Gasteiger partial charge in [-0.15, -0.1) is 15.3 Å². The van der Waals surface area contributed by atoms with Crippen molar-refractivity contribution >= 4 is 34.1 Å². The van der Waals surface area contributed by atoms with E-state index in [-0.39, 0.29) is 36.2 Å². The third-order valence-corrected chi connectivity index (χ3v) is 8.48. The summed E-state index contributed by atoms with van der Waals surface area (Å²) in [4.78, 5) is 25.0. The molecule has 1 saturated heterocycles. The number of aryl methyl sites for hydroxylation is 2. The minimum atomic E-state index is -0.153. The minimum absolute atomic E-state index is 0.0499. The Morgan fingerprint density at radius 1 is 0.955 bits per heavy atom. The van der Waals surface area contributed by atoms with Crippen LogP contribution in [0.5, 0.6) is 0 Å². The molecule has 44 heavy (non-hydrogen) atoms. The molecule has 4 atom stereocenters. The molecule has 1 aromatic carbocycles. The first-order valence-electron chi connectivity index (χ1n) is 15.1. The summed E-state index contributed by atoms with van der Waals surface area (Å²) in [5.74, 6) is 0.735. The second kappa shape index (κ2) is 15.8. The minimum Gasteiger partial charge on any atom is -0.349 e. The summed E-state index contributed by atoms with van der Waals surface area (Å²) in [5, 5.41) is 27.3. The highest BCUT2D eigenvalue weighted by atomic mass is 32.1. The number of allylic oxidation sites excluding steroid dienone is 2. The van der Waals surface area contributed by atoms with E-state index in [0.717, 1.165) is 54.1 Å². The van der Waals surface area contributed by atoms with Crippen LogP contribution in [0.15, 0.2) is 66.3 Å². The monoisotopic (exact) mass is 617 g/mol.